The standard InChI is InChI=1S/C6H5F3N2O.2ClH/c7-6(8,9)12-5-3-11-2-1-4(5)10;;/h1-3H,(H2,10,11);2*1H. The number of anilines is 1. The zero-order valence-corrected chi connectivity index (χ0v) is 8.25. The molecule has 0 unspecified atom stereocenters. The van der Waals surface area contributed by atoms with Crippen molar-refractivity contribution in [3.63, 3.8) is 0 Å². The van der Waals surface area contributed by atoms with Gasteiger partial charge in [-0.25, -0.2) is 0 Å². The fourth-order valence-electron chi connectivity index (χ4n) is 0.601. The number of pyridine rings is 1. The molecule has 0 spiro atoms. The number of hydrogen-bond donors (Lipinski definition) is 1. The van der Waals surface area contributed by atoms with E-state index < -0.39 is 12.1 Å². The maximum atomic E-state index is 11.6. The highest BCUT2D eigenvalue weighted by Crippen LogP contribution is 2.26. The van der Waals surface area contributed by atoms with Crippen molar-refractivity contribution in [1.82, 2.24) is 4.98 Å². The normalized spacial score (nSPS) is 9.64. The summed E-state index contributed by atoms with van der Waals surface area (Å²) in [6.45, 7) is 0. The minimum absolute atomic E-state index is 0. The summed E-state index contributed by atoms with van der Waals surface area (Å²) in [5, 5.41) is 0. The number of nitrogen functional groups attached to an aromatic ring is 1. The van der Waals surface area contributed by atoms with E-state index >= 15 is 0 Å². The van der Waals surface area contributed by atoms with Gasteiger partial charge < -0.3 is 10.5 Å². The highest BCUT2D eigenvalue weighted by atomic mass is 35.5. The fourth-order valence-corrected chi connectivity index (χ4v) is 0.601. The van der Waals surface area contributed by atoms with Crippen LogP contribution in [0.4, 0.5) is 18.9 Å². The van der Waals surface area contributed by atoms with Crippen LogP contribution in [0.25, 0.3) is 0 Å². The SMILES string of the molecule is Cl.Cl.Nc1ccncc1OC(F)(F)F. The third-order valence-electron chi connectivity index (χ3n) is 1.04. The topological polar surface area (TPSA) is 48.1 Å². The summed E-state index contributed by atoms with van der Waals surface area (Å²) < 4.78 is 38.4. The lowest BCUT2D eigenvalue weighted by Crippen LogP contribution is -2.18. The summed E-state index contributed by atoms with van der Waals surface area (Å²) in [7, 11) is 0. The molecule has 0 aliphatic carbocycles. The molecule has 0 fully saturated rings. The highest BCUT2D eigenvalue weighted by Gasteiger charge is 2.31. The Hall–Kier alpha value is -0.880. The van der Waals surface area contributed by atoms with E-state index in [9.17, 15) is 13.2 Å². The van der Waals surface area contributed by atoms with Crippen molar-refractivity contribution >= 4 is 30.5 Å². The first-order valence-corrected chi connectivity index (χ1v) is 2.94. The maximum Gasteiger partial charge on any atom is 0.573 e. The molecule has 2 N–H and O–H groups in total. The first kappa shape index (κ1) is 15.6. The first-order chi connectivity index (χ1) is 5.49. The largest absolute Gasteiger partial charge is 0.573 e. The molecule has 0 amide bonds. The summed E-state index contributed by atoms with van der Waals surface area (Å²) >= 11 is 0. The number of ether oxygens (including phenoxy) is 1. The van der Waals surface area contributed by atoms with Crippen LogP contribution in [-0.4, -0.2) is 11.3 Å². The number of alkyl halides is 3. The van der Waals surface area contributed by atoms with Gasteiger partial charge in [0.15, 0.2) is 5.75 Å². The van der Waals surface area contributed by atoms with Gasteiger partial charge in [0.1, 0.15) is 0 Å². The molecule has 0 saturated carbocycles. The highest BCUT2D eigenvalue weighted by molar-refractivity contribution is 5.85. The van der Waals surface area contributed by atoms with Crippen LogP contribution < -0.4 is 10.5 Å². The molecule has 14 heavy (non-hydrogen) atoms. The molecule has 0 aliphatic heterocycles. The monoisotopic (exact) mass is 250 g/mol. The molecule has 0 saturated heterocycles. The molecule has 1 aromatic heterocycles. The lowest BCUT2D eigenvalue weighted by atomic mass is 10.4. The van der Waals surface area contributed by atoms with Crippen molar-refractivity contribution in [3.8, 4) is 5.75 Å². The van der Waals surface area contributed by atoms with Gasteiger partial charge in [-0.1, -0.05) is 0 Å². The van der Waals surface area contributed by atoms with E-state index in [1.807, 2.05) is 0 Å². The summed E-state index contributed by atoms with van der Waals surface area (Å²) in [6, 6.07) is 1.22. The van der Waals surface area contributed by atoms with Crippen molar-refractivity contribution in [1.29, 1.82) is 0 Å². The minimum atomic E-state index is -4.73. The van der Waals surface area contributed by atoms with Gasteiger partial charge in [0.25, 0.3) is 0 Å². The summed E-state index contributed by atoms with van der Waals surface area (Å²) in [4.78, 5) is 3.42. The molecule has 8 heteroatoms. The molecular formula is C6H7Cl2F3N2O. The van der Waals surface area contributed by atoms with Crippen molar-refractivity contribution in [2.45, 2.75) is 6.36 Å². The number of hydrogen-bond acceptors (Lipinski definition) is 3. The second-order valence-electron chi connectivity index (χ2n) is 1.96. The van der Waals surface area contributed by atoms with Crippen LogP contribution >= 0.6 is 24.8 Å². The van der Waals surface area contributed by atoms with Crippen LogP contribution in [0.3, 0.4) is 0 Å². The lowest BCUT2D eigenvalue weighted by molar-refractivity contribution is -0.274. The van der Waals surface area contributed by atoms with Crippen LogP contribution in [0.1, 0.15) is 0 Å². The van der Waals surface area contributed by atoms with E-state index in [0.29, 0.717) is 0 Å². The summed E-state index contributed by atoms with van der Waals surface area (Å²) in [5.41, 5.74) is 5.07. The van der Waals surface area contributed by atoms with Crippen LogP contribution in [-0.2, 0) is 0 Å². The Labute approximate surface area is 90.3 Å². The van der Waals surface area contributed by atoms with Gasteiger partial charge >= 0.3 is 6.36 Å². The molecular weight excluding hydrogens is 244 g/mol. The fraction of sp³-hybridized carbons (Fsp3) is 0.167. The molecule has 3 nitrogen and oxygen atoms in total. The average molecular weight is 251 g/mol. The third kappa shape index (κ3) is 4.98. The smallest absolute Gasteiger partial charge is 0.402 e. The Balaban J connectivity index is 0. The molecule has 0 atom stereocenters. The van der Waals surface area contributed by atoms with E-state index in [2.05, 4.69) is 9.72 Å². The van der Waals surface area contributed by atoms with E-state index in [1.165, 1.54) is 12.3 Å². The Bertz CT molecular complexity index is 282. The molecule has 0 aromatic carbocycles. The number of rotatable bonds is 1. The zero-order valence-electron chi connectivity index (χ0n) is 6.62. The number of halogens is 5. The van der Waals surface area contributed by atoms with E-state index in [4.69, 9.17) is 5.73 Å². The Morgan fingerprint density at radius 2 is 1.86 bits per heavy atom. The summed E-state index contributed by atoms with van der Waals surface area (Å²) in [6.07, 6.45) is -2.54. The van der Waals surface area contributed by atoms with Crippen molar-refractivity contribution in [2.24, 2.45) is 0 Å². The Morgan fingerprint density at radius 3 is 2.29 bits per heavy atom. The van der Waals surface area contributed by atoms with Gasteiger partial charge in [0.05, 0.1) is 11.9 Å². The van der Waals surface area contributed by atoms with Crippen LogP contribution in [0.15, 0.2) is 18.5 Å². The predicted octanol–water partition coefficient (Wildman–Crippen LogP) is 2.41. The van der Waals surface area contributed by atoms with Crippen LogP contribution in [0, 0.1) is 0 Å². The Morgan fingerprint density at radius 1 is 1.29 bits per heavy atom. The van der Waals surface area contributed by atoms with Gasteiger partial charge in [-0.2, -0.15) is 0 Å². The minimum Gasteiger partial charge on any atom is -0.402 e. The van der Waals surface area contributed by atoms with Crippen molar-refractivity contribution < 1.29 is 17.9 Å². The predicted molar refractivity (Wildman–Crippen MR) is 49.8 cm³/mol. The quantitative estimate of drug-likeness (QED) is 0.833. The molecule has 1 aromatic rings. The first-order valence-electron chi connectivity index (χ1n) is 2.94. The summed E-state index contributed by atoms with van der Waals surface area (Å²) in [5.74, 6) is -0.481. The third-order valence-corrected chi connectivity index (χ3v) is 1.04. The molecule has 0 radical (unpaired) electrons. The number of nitrogens with zero attached hydrogens (tertiary/aromatic N) is 1. The molecule has 1 heterocycles. The Kier molecular flexibility index (Phi) is 6.42. The average Bonchev–Trinajstić information content (AvgIpc) is 1.91. The van der Waals surface area contributed by atoms with E-state index in [-0.39, 0.29) is 30.5 Å². The van der Waals surface area contributed by atoms with Crippen LogP contribution in [0.2, 0.25) is 0 Å². The van der Waals surface area contributed by atoms with Gasteiger partial charge in [-0.05, 0) is 6.07 Å². The van der Waals surface area contributed by atoms with Crippen LogP contribution in [0.5, 0.6) is 5.75 Å². The van der Waals surface area contributed by atoms with Gasteiger partial charge in [0.2, 0.25) is 0 Å². The number of nitrogens with two attached hydrogens (primary N) is 1. The van der Waals surface area contributed by atoms with Gasteiger partial charge in [0, 0.05) is 6.20 Å². The molecule has 82 valence electrons. The van der Waals surface area contributed by atoms with Crippen molar-refractivity contribution in [3.05, 3.63) is 18.5 Å². The second-order valence-corrected chi connectivity index (χ2v) is 1.96. The molecule has 0 aliphatic rings. The molecule has 0 bridgehead atoms. The van der Waals surface area contributed by atoms with E-state index in [1.54, 1.807) is 0 Å². The number of aromatic nitrogens is 1. The van der Waals surface area contributed by atoms with E-state index in [0.717, 1.165) is 6.20 Å². The molecule has 1 rings (SSSR count). The maximum absolute atomic E-state index is 11.6. The second kappa shape index (κ2) is 5.77. The van der Waals surface area contributed by atoms with Gasteiger partial charge in [-0.15, -0.1) is 38.0 Å². The van der Waals surface area contributed by atoms with Crippen molar-refractivity contribution in [2.75, 3.05) is 5.73 Å². The lowest BCUT2D eigenvalue weighted by Gasteiger charge is -2.09. The van der Waals surface area contributed by atoms with Gasteiger partial charge in [-0.3, -0.25) is 4.98 Å². The zero-order chi connectivity index (χ0) is 9.19.